The Morgan fingerprint density at radius 3 is 2.62 bits per heavy atom. The molecule has 0 aliphatic carbocycles. The van der Waals surface area contributed by atoms with Crippen LogP contribution in [0.15, 0.2) is 18.2 Å². The molecule has 1 aliphatic heterocycles. The van der Waals surface area contributed by atoms with E-state index >= 15 is 0 Å². The van der Waals surface area contributed by atoms with E-state index in [0.717, 1.165) is 32.0 Å². The Hall–Kier alpha value is -1.87. The summed E-state index contributed by atoms with van der Waals surface area (Å²) in [6, 6.07) is 3.01. The van der Waals surface area contributed by atoms with Gasteiger partial charge in [0.25, 0.3) is 0 Å². The molecule has 1 aliphatic rings. The van der Waals surface area contributed by atoms with Gasteiger partial charge < -0.3 is 15.5 Å². The molecule has 1 saturated heterocycles. The van der Waals surface area contributed by atoms with Gasteiger partial charge >= 0.3 is 6.03 Å². The highest BCUT2D eigenvalue weighted by Gasteiger charge is 2.16. The van der Waals surface area contributed by atoms with Crippen LogP contribution in [0.4, 0.5) is 20.6 Å². The molecule has 0 radical (unpaired) electrons. The van der Waals surface area contributed by atoms with E-state index in [1.807, 2.05) is 6.92 Å². The van der Waals surface area contributed by atoms with Crippen molar-refractivity contribution in [2.24, 2.45) is 0 Å². The smallest absolute Gasteiger partial charge is 0.319 e. The molecule has 9 heteroatoms. The summed E-state index contributed by atoms with van der Waals surface area (Å²) in [7, 11) is -3.47. The average molecular weight is 358 g/mol. The molecule has 1 aromatic carbocycles. The molecule has 1 heterocycles. The normalized spacial score (nSPS) is 16.6. The van der Waals surface area contributed by atoms with E-state index in [9.17, 15) is 17.6 Å². The van der Waals surface area contributed by atoms with E-state index in [2.05, 4.69) is 20.3 Å². The van der Waals surface area contributed by atoms with Crippen LogP contribution in [0, 0.1) is 5.82 Å². The molecular formula is C15H23FN4O3S. The summed E-state index contributed by atoms with van der Waals surface area (Å²) in [5, 5.41) is 5.17. The number of hydrogen-bond donors (Lipinski definition) is 3. The van der Waals surface area contributed by atoms with Crippen molar-refractivity contribution in [1.82, 2.24) is 10.2 Å². The number of nitrogens with one attached hydrogen (secondary N) is 3. The summed E-state index contributed by atoms with van der Waals surface area (Å²) < 4.78 is 38.5. The third kappa shape index (κ3) is 5.97. The van der Waals surface area contributed by atoms with Crippen molar-refractivity contribution in [1.29, 1.82) is 0 Å². The fraction of sp³-hybridized carbons (Fsp3) is 0.533. The molecule has 134 valence electrons. The van der Waals surface area contributed by atoms with Crippen LogP contribution in [0.25, 0.3) is 0 Å². The zero-order chi connectivity index (χ0) is 17.7. The number of carbonyl (C=O) groups is 1. The number of likely N-dealkylation sites (tertiary alicyclic amines) is 1. The minimum atomic E-state index is -3.47. The van der Waals surface area contributed by atoms with E-state index in [1.54, 1.807) is 0 Å². The van der Waals surface area contributed by atoms with Crippen LogP contribution in [0.2, 0.25) is 0 Å². The second-order valence-corrected chi connectivity index (χ2v) is 7.82. The quantitative estimate of drug-likeness (QED) is 0.723. The van der Waals surface area contributed by atoms with Crippen molar-refractivity contribution in [3.63, 3.8) is 0 Å². The van der Waals surface area contributed by atoms with Crippen molar-refractivity contribution < 1.29 is 17.6 Å². The van der Waals surface area contributed by atoms with Crippen molar-refractivity contribution in [2.75, 3.05) is 35.9 Å². The Morgan fingerprint density at radius 1 is 1.33 bits per heavy atom. The van der Waals surface area contributed by atoms with Gasteiger partial charge in [-0.3, -0.25) is 4.72 Å². The number of hydrogen-bond acceptors (Lipinski definition) is 4. The van der Waals surface area contributed by atoms with Crippen LogP contribution < -0.4 is 15.4 Å². The first-order valence-electron chi connectivity index (χ1n) is 7.80. The molecule has 1 fully saturated rings. The molecule has 7 nitrogen and oxygen atoms in total. The number of nitrogens with zero attached hydrogens (tertiary/aromatic N) is 1. The molecule has 0 saturated carbocycles. The van der Waals surface area contributed by atoms with Crippen molar-refractivity contribution in [3.05, 3.63) is 24.0 Å². The van der Waals surface area contributed by atoms with Crippen LogP contribution in [-0.4, -0.2) is 51.3 Å². The number of rotatable bonds is 6. The Bertz CT molecular complexity index is 690. The lowest BCUT2D eigenvalue weighted by Crippen LogP contribution is -2.43. The van der Waals surface area contributed by atoms with Gasteiger partial charge in [0, 0.05) is 12.6 Å². The first-order chi connectivity index (χ1) is 11.2. The molecular weight excluding hydrogens is 335 g/mol. The van der Waals surface area contributed by atoms with Gasteiger partial charge in [-0.25, -0.2) is 17.6 Å². The van der Waals surface area contributed by atoms with Crippen molar-refractivity contribution in [3.8, 4) is 0 Å². The van der Waals surface area contributed by atoms with Gasteiger partial charge in [-0.2, -0.15) is 0 Å². The lowest BCUT2D eigenvalue weighted by molar-refractivity contribution is 0.242. The summed E-state index contributed by atoms with van der Waals surface area (Å²) in [6.45, 7) is 4.68. The van der Waals surface area contributed by atoms with Gasteiger partial charge in [-0.15, -0.1) is 0 Å². The molecule has 1 aromatic rings. The predicted octanol–water partition coefficient (Wildman–Crippen LogP) is 1.80. The Labute approximate surface area is 141 Å². The van der Waals surface area contributed by atoms with Crippen LogP contribution in [-0.2, 0) is 10.0 Å². The fourth-order valence-electron chi connectivity index (χ4n) is 2.68. The molecule has 0 spiro atoms. The van der Waals surface area contributed by atoms with Crippen molar-refractivity contribution in [2.45, 2.75) is 25.8 Å². The largest absolute Gasteiger partial charge is 0.334 e. The molecule has 3 N–H and O–H groups in total. The van der Waals surface area contributed by atoms with E-state index in [4.69, 9.17) is 0 Å². The maximum absolute atomic E-state index is 13.8. The number of benzene rings is 1. The third-order valence-electron chi connectivity index (χ3n) is 3.63. The first-order valence-corrected chi connectivity index (χ1v) is 9.69. The van der Waals surface area contributed by atoms with Gasteiger partial charge in [-0.1, -0.05) is 0 Å². The maximum atomic E-state index is 13.8. The molecule has 1 atom stereocenters. The highest BCUT2D eigenvalue weighted by molar-refractivity contribution is 7.92. The summed E-state index contributed by atoms with van der Waals surface area (Å²) >= 11 is 0. The standard InChI is InChI=1S/C15H23FN4O3S/c1-11(10-20-7-3-4-8-20)17-15(21)18-14-9-12(5-6-13(14)16)19-24(2,22)23/h5-6,9,11,19H,3-4,7-8,10H2,1-2H3,(H2,17,18,21)/t11-/m0/s1. The molecule has 0 unspecified atom stereocenters. The topological polar surface area (TPSA) is 90.5 Å². The van der Waals surface area contributed by atoms with Crippen LogP contribution >= 0.6 is 0 Å². The molecule has 24 heavy (non-hydrogen) atoms. The summed E-state index contributed by atoms with van der Waals surface area (Å²) in [5.74, 6) is -0.642. The number of halogens is 1. The van der Waals surface area contributed by atoms with Crippen molar-refractivity contribution >= 4 is 27.4 Å². The van der Waals surface area contributed by atoms with E-state index in [-0.39, 0.29) is 17.4 Å². The minimum absolute atomic E-state index is 0.0801. The van der Waals surface area contributed by atoms with Gasteiger partial charge in [-0.05, 0) is 51.1 Å². The molecule has 2 rings (SSSR count). The average Bonchev–Trinajstić information content (AvgIpc) is 2.93. The maximum Gasteiger partial charge on any atom is 0.319 e. The van der Waals surface area contributed by atoms with Gasteiger partial charge in [0.15, 0.2) is 0 Å². The predicted molar refractivity (Wildman–Crippen MR) is 92.2 cm³/mol. The van der Waals surface area contributed by atoms with Gasteiger partial charge in [0.05, 0.1) is 17.6 Å². The number of urea groups is 1. The fourth-order valence-corrected chi connectivity index (χ4v) is 3.23. The molecule has 2 amide bonds. The third-order valence-corrected chi connectivity index (χ3v) is 4.23. The zero-order valence-electron chi connectivity index (χ0n) is 13.8. The van der Waals surface area contributed by atoms with E-state index in [1.165, 1.54) is 25.0 Å². The zero-order valence-corrected chi connectivity index (χ0v) is 14.6. The highest BCUT2D eigenvalue weighted by Crippen LogP contribution is 2.20. The summed E-state index contributed by atoms with van der Waals surface area (Å²) in [6.07, 6.45) is 3.34. The van der Waals surface area contributed by atoms with Crippen LogP contribution in [0.3, 0.4) is 0 Å². The minimum Gasteiger partial charge on any atom is -0.334 e. The Morgan fingerprint density at radius 2 is 2.00 bits per heavy atom. The SMILES string of the molecule is C[C@@H](CN1CCCC1)NC(=O)Nc1cc(NS(C)(=O)=O)ccc1F. The second-order valence-electron chi connectivity index (χ2n) is 6.08. The van der Waals surface area contributed by atoms with E-state index in [0.29, 0.717) is 0 Å². The molecule has 0 bridgehead atoms. The lowest BCUT2D eigenvalue weighted by Gasteiger charge is -2.21. The second kappa shape index (κ2) is 7.80. The number of sulfonamides is 1. The van der Waals surface area contributed by atoms with Crippen LogP contribution in [0.1, 0.15) is 19.8 Å². The van der Waals surface area contributed by atoms with E-state index < -0.39 is 21.9 Å². The number of amides is 2. The first kappa shape index (κ1) is 18.5. The summed E-state index contributed by atoms with van der Waals surface area (Å²) in [4.78, 5) is 14.3. The lowest BCUT2D eigenvalue weighted by atomic mass is 10.2. The molecule has 0 aromatic heterocycles. The highest BCUT2D eigenvalue weighted by atomic mass is 32.2. The van der Waals surface area contributed by atoms with Crippen LogP contribution in [0.5, 0.6) is 0 Å². The number of anilines is 2. The Kier molecular flexibility index (Phi) is 6.00. The van der Waals surface area contributed by atoms with Gasteiger partial charge in [0.1, 0.15) is 5.82 Å². The monoisotopic (exact) mass is 358 g/mol. The summed E-state index contributed by atoms with van der Waals surface area (Å²) in [5.41, 5.74) is 0.0915. The number of carbonyl (C=O) groups excluding carboxylic acids is 1. The van der Waals surface area contributed by atoms with Gasteiger partial charge in [0.2, 0.25) is 10.0 Å². The Balaban J connectivity index is 1.93.